The molecule has 3 aromatic rings. The number of hydrogen-bond donors (Lipinski definition) is 4. The number of nitrogens with one attached hydrogen (secondary N) is 3. The first-order chi connectivity index (χ1) is 8.74. The van der Waals surface area contributed by atoms with E-state index in [1.54, 1.807) is 30.7 Å². The monoisotopic (exact) mass is 241 g/mol. The van der Waals surface area contributed by atoms with Crippen molar-refractivity contribution in [1.82, 2.24) is 15.0 Å². The van der Waals surface area contributed by atoms with E-state index in [4.69, 9.17) is 5.73 Å². The van der Waals surface area contributed by atoms with Gasteiger partial charge >= 0.3 is 0 Å². The third kappa shape index (κ3) is 1.69. The number of imidazole rings is 1. The minimum absolute atomic E-state index is 0.221. The molecule has 0 spiro atoms. The van der Waals surface area contributed by atoms with E-state index >= 15 is 0 Å². The maximum Gasteiger partial charge on any atom is 0.260 e. The number of nitrogens with two attached hydrogens (primary N) is 1. The van der Waals surface area contributed by atoms with Crippen molar-refractivity contribution in [3.63, 3.8) is 0 Å². The lowest BCUT2D eigenvalue weighted by Crippen LogP contribution is -2.12. The molecule has 0 unspecified atom stereocenters. The Hall–Kier alpha value is -2.76. The van der Waals surface area contributed by atoms with Gasteiger partial charge in [-0.3, -0.25) is 10.1 Å². The van der Waals surface area contributed by atoms with Crippen LogP contribution in [0.5, 0.6) is 0 Å². The summed E-state index contributed by atoms with van der Waals surface area (Å²) in [6, 6.07) is 5.37. The van der Waals surface area contributed by atoms with Crippen molar-refractivity contribution in [3.8, 4) is 0 Å². The van der Waals surface area contributed by atoms with Crippen LogP contribution in [-0.2, 0) is 0 Å². The fraction of sp³-hybridized carbons (Fsp3) is 0. The summed E-state index contributed by atoms with van der Waals surface area (Å²) in [5.74, 6) is 0.200. The van der Waals surface area contributed by atoms with E-state index in [9.17, 15) is 4.79 Å². The van der Waals surface area contributed by atoms with Crippen LogP contribution in [0, 0.1) is 0 Å². The lowest BCUT2D eigenvalue weighted by Gasteiger charge is -2.00. The first-order valence-corrected chi connectivity index (χ1v) is 5.41. The number of aromatic amines is 2. The molecule has 0 aliphatic carbocycles. The molecule has 1 aromatic carbocycles. The minimum atomic E-state index is -0.221. The van der Waals surface area contributed by atoms with Crippen LogP contribution < -0.4 is 11.1 Å². The van der Waals surface area contributed by atoms with Crippen LogP contribution in [0.25, 0.3) is 10.9 Å². The fourth-order valence-corrected chi connectivity index (χ4v) is 1.84. The predicted octanol–water partition coefficient (Wildman–Crippen LogP) is 1.73. The Morgan fingerprint density at radius 2 is 2.22 bits per heavy atom. The van der Waals surface area contributed by atoms with E-state index in [1.165, 1.54) is 0 Å². The zero-order valence-corrected chi connectivity index (χ0v) is 9.40. The Labute approximate surface area is 102 Å². The van der Waals surface area contributed by atoms with Crippen molar-refractivity contribution in [2.75, 3.05) is 11.1 Å². The Morgan fingerprint density at radius 1 is 1.33 bits per heavy atom. The van der Waals surface area contributed by atoms with Crippen LogP contribution in [-0.4, -0.2) is 20.9 Å². The van der Waals surface area contributed by atoms with Crippen molar-refractivity contribution >= 4 is 28.4 Å². The van der Waals surface area contributed by atoms with Crippen LogP contribution in [0.4, 0.5) is 11.6 Å². The molecule has 18 heavy (non-hydrogen) atoms. The topological polar surface area (TPSA) is 99.6 Å². The highest BCUT2D eigenvalue weighted by molar-refractivity contribution is 6.12. The summed E-state index contributed by atoms with van der Waals surface area (Å²) in [6.45, 7) is 0. The number of nitrogens with zero attached hydrogens (tertiary/aromatic N) is 1. The summed E-state index contributed by atoms with van der Waals surface area (Å²) in [7, 11) is 0. The molecule has 6 heteroatoms. The van der Waals surface area contributed by atoms with E-state index in [-0.39, 0.29) is 5.91 Å². The predicted molar refractivity (Wildman–Crippen MR) is 69.3 cm³/mol. The zero-order chi connectivity index (χ0) is 12.5. The molecular weight excluding hydrogens is 230 g/mol. The maximum atomic E-state index is 12.0. The van der Waals surface area contributed by atoms with Crippen LogP contribution in [0.3, 0.4) is 0 Å². The molecule has 0 fully saturated rings. The zero-order valence-electron chi connectivity index (χ0n) is 9.40. The number of hydrogen-bond acceptors (Lipinski definition) is 3. The van der Waals surface area contributed by atoms with Crippen LogP contribution in [0.1, 0.15) is 10.4 Å². The van der Waals surface area contributed by atoms with Crippen LogP contribution in [0.2, 0.25) is 0 Å². The molecule has 0 saturated carbocycles. The van der Waals surface area contributed by atoms with Crippen molar-refractivity contribution in [3.05, 3.63) is 42.4 Å². The number of anilines is 2. The molecule has 0 aliphatic rings. The van der Waals surface area contributed by atoms with Gasteiger partial charge < -0.3 is 15.7 Å². The molecule has 3 rings (SSSR count). The van der Waals surface area contributed by atoms with Gasteiger partial charge in [-0.15, -0.1) is 0 Å². The fourth-order valence-electron chi connectivity index (χ4n) is 1.84. The van der Waals surface area contributed by atoms with E-state index in [0.717, 1.165) is 10.9 Å². The van der Waals surface area contributed by atoms with Crippen molar-refractivity contribution in [1.29, 1.82) is 0 Å². The smallest absolute Gasteiger partial charge is 0.260 e. The Bertz CT molecular complexity index is 698. The SMILES string of the molecule is Nc1ccc2c(C(=O)Nc3ncc[nH]3)c[nH]c2c1. The largest absolute Gasteiger partial charge is 0.399 e. The van der Waals surface area contributed by atoms with Gasteiger partial charge in [0.05, 0.1) is 5.56 Å². The number of aromatic nitrogens is 3. The molecular formula is C12H11N5O. The number of fused-ring (bicyclic) bond motifs is 1. The number of nitrogen functional groups attached to an aromatic ring is 1. The second-order valence-electron chi connectivity index (χ2n) is 3.90. The molecule has 2 aromatic heterocycles. The summed E-state index contributed by atoms with van der Waals surface area (Å²) < 4.78 is 0. The first kappa shape index (κ1) is 10.4. The van der Waals surface area contributed by atoms with Crippen molar-refractivity contribution in [2.45, 2.75) is 0 Å². The molecule has 0 aliphatic heterocycles. The molecule has 1 amide bonds. The van der Waals surface area contributed by atoms with Crippen LogP contribution >= 0.6 is 0 Å². The van der Waals surface area contributed by atoms with Gasteiger partial charge in [-0.1, -0.05) is 0 Å². The Morgan fingerprint density at radius 3 is 3.00 bits per heavy atom. The van der Waals surface area contributed by atoms with Gasteiger partial charge in [0.25, 0.3) is 5.91 Å². The molecule has 5 N–H and O–H groups in total. The lowest BCUT2D eigenvalue weighted by molar-refractivity contribution is 0.102. The van der Waals surface area contributed by atoms with Gasteiger partial charge in [0.2, 0.25) is 5.95 Å². The molecule has 2 heterocycles. The summed E-state index contributed by atoms with van der Waals surface area (Å²) >= 11 is 0. The second-order valence-corrected chi connectivity index (χ2v) is 3.90. The van der Waals surface area contributed by atoms with Gasteiger partial charge in [-0.2, -0.15) is 0 Å². The summed E-state index contributed by atoms with van der Waals surface area (Å²) in [5, 5.41) is 3.50. The molecule has 0 radical (unpaired) electrons. The van der Waals surface area contributed by atoms with Gasteiger partial charge in [0.15, 0.2) is 0 Å². The van der Waals surface area contributed by atoms with Gasteiger partial charge in [-0.05, 0) is 18.2 Å². The number of H-pyrrole nitrogens is 2. The standard InChI is InChI=1S/C12H11N5O/c13-7-1-2-8-9(6-16-10(8)5-7)11(18)17-12-14-3-4-15-12/h1-6,16H,13H2,(H2,14,15,17,18). The maximum absolute atomic E-state index is 12.0. The summed E-state index contributed by atoms with van der Waals surface area (Å²) in [6.07, 6.45) is 4.87. The van der Waals surface area contributed by atoms with E-state index in [0.29, 0.717) is 17.2 Å². The molecule has 6 nitrogen and oxygen atoms in total. The number of rotatable bonds is 2. The van der Waals surface area contributed by atoms with Crippen LogP contribution in [0.15, 0.2) is 36.8 Å². The Kier molecular flexibility index (Phi) is 2.26. The normalized spacial score (nSPS) is 10.7. The lowest BCUT2D eigenvalue weighted by atomic mass is 10.1. The number of amides is 1. The van der Waals surface area contributed by atoms with Gasteiger partial charge in [0.1, 0.15) is 0 Å². The third-order valence-corrected chi connectivity index (χ3v) is 2.68. The van der Waals surface area contributed by atoms with Crippen molar-refractivity contribution < 1.29 is 4.79 Å². The molecule has 0 atom stereocenters. The van der Waals surface area contributed by atoms with E-state index in [2.05, 4.69) is 20.3 Å². The highest BCUT2D eigenvalue weighted by Crippen LogP contribution is 2.21. The Balaban J connectivity index is 1.97. The van der Waals surface area contributed by atoms with Crippen molar-refractivity contribution in [2.24, 2.45) is 0 Å². The minimum Gasteiger partial charge on any atom is -0.399 e. The molecule has 0 bridgehead atoms. The summed E-state index contributed by atoms with van der Waals surface area (Å²) in [5.41, 5.74) is 7.73. The number of carbonyl (C=O) groups excluding carboxylic acids is 1. The average Bonchev–Trinajstić information content (AvgIpc) is 2.97. The third-order valence-electron chi connectivity index (χ3n) is 2.68. The number of benzene rings is 1. The highest BCUT2D eigenvalue weighted by Gasteiger charge is 2.12. The highest BCUT2D eigenvalue weighted by atomic mass is 16.1. The van der Waals surface area contributed by atoms with Gasteiger partial charge in [0, 0.05) is 35.2 Å². The van der Waals surface area contributed by atoms with E-state index in [1.807, 2.05) is 6.07 Å². The van der Waals surface area contributed by atoms with E-state index < -0.39 is 0 Å². The molecule has 0 saturated heterocycles. The first-order valence-electron chi connectivity index (χ1n) is 5.41. The second kappa shape index (κ2) is 3.92. The van der Waals surface area contributed by atoms with Gasteiger partial charge in [-0.25, -0.2) is 4.98 Å². The summed E-state index contributed by atoms with van der Waals surface area (Å²) in [4.78, 5) is 21.8. The quantitative estimate of drug-likeness (QED) is 0.514. The number of carbonyl (C=O) groups is 1. The molecule has 90 valence electrons. The average molecular weight is 241 g/mol.